The molecule has 1 aliphatic heterocycles. The topological polar surface area (TPSA) is 75.6 Å². The van der Waals surface area contributed by atoms with Crippen LogP contribution in [-0.2, 0) is 14.9 Å². The first-order chi connectivity index (χ1) is 8.93. The second-order valence-electron chi connectivity index (χ2n) is 4.42. The smallest absolute Gasteiger partial charge is 0.294 e. The number of morpholine rings is 1. The summed E-state index contributed by atoms with van der Waals surface area (Å²) >= 11 is 0. The SMILES string of the molecule is CC[C@@H]1COCCN1.Cc1ccc(S(=O)(=O)O)cc1. The molecular weight excluding hydrogens is 266 g/mol. The zero-order valence-electron chi connectivity index (χ0n) is 11.3. The van der Waals surface area contributed by atoms with E-state index in [9.17, 15) is 8.42 Å². The third-order valence-corrected chi connectivity index (χ3v) is 3.68. The minimum absolute atomic E-state index is 0.0666. The van der Waals surface area contributed by atoms with Crippen LogP contribution in [0.4, 0.5) is 0 Å². The van der Waals surface area contributed by atoms with Gasteiger partial charge >= 0.3 is 0 Å². The van der Waals surface area contributed by atoms with Gasteiger partial charge < -0.3 is 10.1 Å². The molecule has 0 unspecified atom stereocenters. The molecule has 1 aromatic rings. The summed E-state index contributed by atoms with van der Waals surface area (Å²) in [5.41, 5.74) is 0.956. The molecule has 2 rings (SSSR count). The Bertz CT molecular complexity index is 464. The predicted molar refractivity (Wildman–Crippen MR) is 73.9 cm³/mol. The first kappa shape index (κ1) is 16.1. The Hall–Kier alpha value is -0.950. The van der Waals surface area contributed by atoms with Crippen molar-refractivity contribution < 1.29 is 17.7 Å². The van der Waals surface area contributed by atoms with Crippen LogP contribution in [0, 0.1) is 6.92 Å². The molecule has 1 heterocycles. The fourth-order valence-corrected chi connectivity index (χ4v) is 2.07. The zero-order valence-corrected chi connectivity index (χ0v) is 12.1. The number of hydrogen-bond acceptors (Lipinski definition) is 4. The molecule has 0 amide bonds. The number of aryl methyl sites for hydroxylation is 1. The van der Waals surface area contributed by atoms with Crippen molar-refractivity contribution in [2.75, 3.05) is 19.8 Å². The highest BCUT2D eigenvalue weighted by molar-refractivity contribution is 7.85. The second-order valence-corrected chi connectivity index (χ2v) is 5.84. The summed E-state index contributed by atoms with van der Waals surface area (Å²) in [5, 5.41) is 3.34. The number of benzene rings is 1. The van der Waals surface area contributed by atoms with E-state index in [1.165, 1.54) is 18.6 Å². The quantitative estimate of drug-likeness (QED) is 0.809. The lowest BCUT2D eigenvalue weighted by molar-refractivity contribution is 0.0758. The molecule has 5 nitrogen and oxygen atoms in total. The van der Waals surface area contributed by atoms with Crippen molar-refractivity contribution in [2.45, 2.75) is 31.2 Å². The molecule has 0 bridgehead atoms. The minimum atomic E-state index is -4.02. The highest BCUT2D eigenvalue weighted by Crippen LogP contribution is 2.08. The van der Waals surface area contributed by atoms with Gasteiger partial charge in [0.15, 0.2) is 0 Å². The maximum absolute atomic E-state index is 10.5. The van der Waals surface area contributed by atoms with Gasteiger partial charge in [-0.25, -0.2) is 0 Å². The zero-order chi connectivity index (χ0) is 14.3. The molecule has 2 N–H and O–H groups in total. The van der Waals surface area contributed by atoms with E-state index in [0.717, 1.165) is 25.3 Å². The average Bonchev–Trinajstić information content (AvgIpc) is 2.40. The van der Waals surface area contributed by atoms with Crippen LogP contribution in [0.5, 0.6) is 0 Å². The van der Waals surface area contributed by atoms with Gasteiger partial charge in [-0.15, -0.1) is 0 Å². The van der Waals surface area contributed by atoms with Gasteiger partial charge in [-0.1, -0.05) is 24.6 Å². The van der Waals surface area contributed by atoms with Crippen molar-refractivity contribution in [1.29, 1.82) is 0 Å². The molecule has 0 spiro atoms. The number of rotatable bonds is 2. The summed E-state index contributed by atoms with van der Waals surface area (Å²) in [6.07, 6.45) is 1.18. The molecule has 1 aromatic carbocycles. The van der Waals surface area contributed by atoms with Gasteiger partial charge in [0.05, 0.1) is 18.1 Å². The predicted octanol–water partition coefficient (Wildman–Crippen LogP) is 1.63. The third kappa shape index (κ3) is 6.15. The molecule has 0 radical (unpaired) electrons. The fraction of sp³-hybridized carbons (Fsp3) is 0.538. The van der Waals surface area contributed by atoms with E-state index >= 15 is 0 Å². The maximum Gasteiger partial charge on any atom is 0.294 e. The molecule has 1 atom stereocenters. The molecule has 0 aromatic heterocycles. The standard InChI is InChI=1S/C7H8O3S.C6H13NO/c1-6-2-4-7(5-3-6)11(8,9)10;1-2-6-5-8-4-3-7-6/h2-5H,1H3,(H,8,9,10);6-7H,2-5H2,1H3/t;6-/m.1/s1. The van der Waals surface area contributed by atoms with Crippen LogP contribution >= 0.6 is 0 Å². The van der Waals surface area contributed by atoms with Crippen LogP contribution in [0.2, 0.25) is 0 Å². The Morgan fingerprint density at radius 1 is 1.37 bits per heavy atom. The van der Waals surface area contributed by atoms with E-state index in [-0.39, 0.29) is 4.90 Å². The Labute approximate surface area is 114 Å². The Balaban J connectivity index is 0.000000200. The third-order valence-electron chi connectivity index (χ3n) is 2.81. The number of nitrogens with one attached hydrogen (secondary N) is 1. The van der Waals surface area contributed by atoms with Crippen LogP contribution in [0.1, 0.15) is 18.9 Å². The summed E-state index contributed by atoms with van der Waals surface area (Å²) in [6.45, 7) is 6.83. The molecule has 0 aliphatic carbocycles. The van der Waals surface area contributed by atoms with E-state index in [4.69, 9.17) is 9.29 Å². The molecule has 1 aliphatic rings. The van der Waals surface area contributed by atoms with Crippen molar-refractivity contribution >= 4 is 10.1 Å². The lowest BCUT2D eigenvalue weighted by atomic mass is 10.2. The molecule has 0 saturated carbocycles. The van der Waals surface area contributed by atoms with Gasteiger partial charge in [-0.2, -0.15) is 8.42 Å². The molecule has 1 fully saturated rings. The van der Waals surface area contributed by atoms with E-state index < -0.39 is 10.1 Å². The summed E-state index contributed by atoms with van der Waals surface area (Å²) in [6, 6.07) is 6.60. The number of hydrogen-bond donors (Lipinski definition) is 2. The van der Waals surface area contributed by atoms with Crippen molar-refractivity contribution in [3.8, 4) is 0 Å². The minimum Gasteiger partial charge on any atom is -0.379 e. The summed E-state index contributed by atoms with van der Waals surface area (Å²) in [4.78, 5) is -0.0666. The molecule has 1 saturated heterocycles. The summed E-state index contributed by atoms with van der Waals surface area (Å²) < 4.78 is 34.8. The van der Waals surface area contributed by atoms with Crippen LogP contribution in [0.25, 0.3) is 0 Å². The Morgan fingerprint density at radius 3 is 2.37 bits per heavy atom. The average molecular weight is 287 g/mol. The highest BCUT2D eigenvalue weighted by atomic mass is 32.2. The van der Waals surface area contributed by atoms with Crippen molar-refractivity contribution in [1.82, 2.24) is 5.32 Å². The van der Waals surface area contributed by atoms with Crippen LogP contribution < -0.4 is 5.32 Å². The van der Waals surface area contributed by atoms with Gasteiger partial charge in [0, 0.05) is 12.6 Å². The molecule has 108 valence electrons. The monoisotopic (exact) mass is 287 g/mol. The summed E-state index contributed by atoms with van der Waals surface area (Å²) in [7, 11) is -4.02. The number of ether oxygens (including phenoxy) is 1. The van der Waals surface area contributed by atoms with E-state index in [1.807, 2.05) is 6.92 Å². The van der Waals surface area contributed by atoms with E-state index in [2.05, 4.69) is 12.2 Å². The van der Waals surface area contributed by atoms with Gasteiger partial charge in [-0.05, 0) is 25.5 Å². The van der Waals surface area contributed by atoms with Crippen molar-refractivity contribution in [2.24, 2.45) is 0 Å². The van der Waals surface area contributed by atoms with Gasteiger partial charge in [-0.3, -0.25) is 4.55 Å². The second kappa shape index (κ2) is 7.59. The Morgan fingerprint density at radius 2 is 2.00 bits per heavy atom. The van der Waals surface area contributed by atoms with E-state index in [1.54, 1.807) is 12.1 Å². The Kier molecular flexibility index (Phi) is 6.44. The van der Waals surface area contributed by atoms with Crippen LogP contribution in [0.15, 0.2) is 29.2 Å². The molecule has 19 heavy (non-hydrogen) atoms. The first-order valence-corrected chi connectivity index (χ1v) is 7.72. The van der Waals surface area contributed by atoms with Crippen molar-refractivity contribution in [3.05, 3.63) is 29.8 Å². The van der Waals surface area contributed by atoms with Crippen LogP contribution in [-0.4, -0.2) is 38.8 Å². The molecule has 6 heteroatoms. The lowest BCUT2D eigenvalue weighted by Crippen LogP contribution is -2.40. The maximum atomic E-state index is 10.5. The van der Waals surface area contributed by atoms with Crippen molar-refractivity contribution in [3.63, 3.8) is 0 Å². The normalized spacial score (nSPS) is 19.4. The largest absolute Gasteiger partial charge is 0.379 e. The molecular formula is C13H21NO4S. The highest BCUT2D eigenvalue weighted by Gasteiger charge is 2.08. The van der Waals surface area contributed by atoms with E-state index in [0.29, 0.717) is 6.04 Å². The fourth-order valence-electron chi connectivity index (χ4n) is 1.59. The van der Waals surface area contributed by atoms with Gasteiger partial charge in [0.25, 0.3) is 10.1 Å². The van der Waals surface area contributed by atoms with Crippen LogP contribution in [0.3, 0.4) is 0 Å². The lowest BCUT2D eigenvalue weighted by Gasteiger charge is -2.21. The summed E-state index contributed by atoms with van der Waals surface area (Å²) in [5.74, 6) is 0. The van der Waals surface area contributed by atoms with Gasteiger partial charge in [0.1, 0.15) is 0 Å². The van der Waals surface area contributed by atoms with Gasteiger partial charge in [0.2, 0.25) is 0 Å². The first-order valence-electron chi connectivity index (χ1n) is 6.28.